The van der Waals surface area contributed by atoms with Gasteiger partial charge in [0, 0.05) is 17.2 Å². The molecule has 33 heavy (non-hydrogen) atoms. The van der Waals surface area contributed by atoms with Crippen LogP contribution in [0.2, 0.25) is 10.0 Å². The molecule has 5 rings (SSSR count). The van der Waals surface area contributed by atoms with Crippen molar-refractivity contribution in [2.75, 3.05) is 6.61 Å². The molecule has 3 heterocycles. The van der Waals surface area contributed by atoms with E-state index in [-0.39, 0.29) is 36.0 Å². The second kappa shape index (κ2) is 8.61. The Balaban J connectivity index is 1.39. The molecule has 0 radical (unpaired) electrons. The van der Waals surface area contributed by atoms with E-state index in [1.807, 2.05) is 0 Å². The number of ether oxygens (including phenoxy) is 3. The highest BCUT2D eigenvalue weighted by Gasteiger charge is 2.46. The standard InChI is InChI=1S/C22H19Cl2F3N2O4/c1-10-31-21(32-10)12-7-8-16(28-20(12)22(25,26)27)30-9-13-18(29-33-19(13)11-5-6-11)17-14(23)3-2-4-15(17)24/h2-4,7-8,10-11,13,19,21H,5-6,9H2,1H3. The van der Waals surface area contributed by atoms with Gasteiger partial charge in [-0.3, -0.25) is 0 Å². The van der Waals surface area contributed by atoms with Gasteiger partial charge in [0.25, 0.3) is 0 Å². The summed E-state index contributed by atoms with van der Waals surface area (Å²) < 4.78 is 57.1. The molecule has 0 N–H and O–H groups in total. The van der Waals surface area contributed by atoms with Gasteiger partial charge < -0.3 is 19.0 Å². The van der Waals surface area contributed by atoms with Gasteiger partial charge in [0.05, 0.1) is 16.0 Å². The molecular formula is C22H19Cl2F3N2O4. The molecule has 176 valence electrons. The summed E-state index contributed by atoms with van der Waals surface area (Å²) in [6, 6.07) is 7.71. The van der Waals surface area contributed by atoms with Crippen molar-refractivity contribution in [2.45, 2.75) is 44.6 Å². The maximum atomic E-state index is 13.6. The zero-order valence-electron chi connectivity index (χ0n) is 17.3. The van der Waals surface area contributed by atoms with E-state index >= 15 is 0 Å². The molecule has 0 spiro atoms. The summed E-state index contributed by atoms with van der Waals surface area (Å²) >= 11 is 12.7. The van der Waals surface area contributed by atoms with Crippen LogP contribution in [0, 0.1) is 11.8 Å². The summed E-state index contributed by atoms with van der Waals surface area (Å²) in [4.78, 5) is 9.38. The lowest BCUT2D eigenvalue weighted by Gasteiger charge is -2.34. The zero-order chi connectivity index (χ0) is 23.3. The number of rotatable bonds is 6. The van der Waals surface area contributed by atoms with Crippen LogP contribution in [0.4, 0.5) is 13.2 Å². The number of halogens is 5. The van der Waals surface area contributed by atoms with Crippen molar-refractivity contribution in [1.82, 2.24) is 4.98 Å². The third-order valence-electron chi connectivity index (χ3n) is 5.79. The van der Waals surface area contributed by atoms with Crippen molar-refractivity contribution in [1.29, 1.82) is 0 Å². The first-order valence-electron chi connectivity index (χ1n) is 10.4. The van der Waals surface area contributed by atoms with E-state index in [2.05, 4.69) is 10.1 Å². The lowest BCUT2D eigenvalue weighted by atomic mass is 9.90. The summed E-state index contributed by atoms with van der Waals surface area (Å²) in [6.07, 6.45) is -4.70. The van der Waals surface area contributed by atoms with Crippen LogP contribution in [-0.4, -0.2) is 29.7 Å². The molecule has 2 aliphatic heterocycles. The van der Waals surface area contributed by atoms with Gasteiger partial charge in [-0.15, -0.1) is 0 Å². The summed E-state index contributed by atoms with van der Waals surface area (Å²) in [7, 11) is 0. The smallest absolute Gasteiger partial charge is 0.433 e. The van der Waals surface area contributed by atoms with E-state index < -0.39 is 24.5 Å². The topological polar surface area (TPSA) is 62.2 Å². The molecule has 6 nitrogen and oxygen atoms in total. The van der Waals surface area contributed by atoms with Gasteiger partial charge in [-0.25, -0.2) is 4.98 Å². The lowest BCUT2D eigenvalue weighted by Crippen LogP contribution is -2.34. The van der Waals surface area contributed by atoms with Crippen LogP contribution in [0.1, 0.15) is 42.9 Å². The Kier molecular flexibility index (Phi) is 5.93. The Morgan fingerprint density at radius 1 is 1.09 bits per heavy atom. The van der Waals surface area contributed by atoms with E-state index in [0.29, 0.717) is 21.3 Å². The van der Waals surface area contributed by atoms with E-state index in [4.69, 9.17) is 42.3 Å². The molecule has 0 amide bonds. The van der Waals surface area contributed by atoms with Gasteiger partial charge in [0.15, 0.2) is 18.3 Å². The second-order valence-electron chi connectivity index (χ2n) is 8.15. The maximum absolute atomic E-state index is 13.6. The zero-order valence-corrected chi connectivity index (χ0v) is 18.8. The van der Waals surface area contributed by atoms with E-state index in [0.717, 1.165) is 12.8 Å². The monoisotopic (exact) mass is 502 g/mol. The molecule has 1 aromatic heterocycles. The normalized spacial score (nSPS) is 27.0. The molecule has 11 heteroatoms. The fourth-order valence-corrected chi connectivity index (χ4v) is 4.62. The summed E-state index contributed by atoms with van der Waals surface area (Å²) in [5.41, 5.74) is -0.259. The summed E-state index contributed by atoms with van der Waals surface area (Å²) in [6.45, 7) is 1.59. The molecule has 3 aliphatic rings. The maximum Gasteiger partial charge on any atom is 0.433 e. The van der Waals surface area contributed by atoms with Gasteiger partial charge in [0.2, 0.25) is 5.88 Å². The fraction of sp³-hybridized carbons (Fsp3) is 0.455. The SMILES string of the molecule is CC1OC(c2ccc(OCC3C(c4c(Cl)cccc4Cl)=NOC3C3CC3)nc2C(F)(F)F)O1. The highest BCUT2D eigenvalue weighted by atomic mass is 35.5. The second-order valence-corrected chi connectivity index (χ2v) is 8.97. The lowest BCUT2D eigenvalue weighted by molar-refractivity contribution is -0.383. The summed E-state index contributed by atoms with van der Waals surface area (Å²) in [5.74, 6) is -0.258. The molecule has 1 saturated carbocycles. The van der Waals surface area contributed by atoms with Gasteiger partial charge in [-0.05, 0) is 43.9 Å². The number of oxime groups is 1. The Morgan fingerprint density at radius 3 is 2.39 bits per heavy atom. The van der Waals surface area contributed by atoms with Crippen molar-refractivity contribution < 1.29 is 32.2 Å². The molecular weight excluding hydrogens is 484 g/mol. The van der Waals surface area contributed by atoms with E-state index in [9.17, 15) is 13.2 Å². The van der Waals surface area contributed by atoms with Gasteiger partial charge >= 0.3 is 6.18 Å². The van der Waals surface area contributed by atoms with Crippen molar-refractivity contribution in [3.05, 3.63) is 57.2 Å². The van der Waals surface area contributed by atoms with Gasteiger partial charge in [0.1, 0.15) is 18.4 Å². The molecule has 1 aromatic carbocycles. The quantitative estimate of drug-likeness (QED) is 0.484. The van der Waals surface area contributed by atoms with Gasteiger partial charge in [-0.2, -0.15) is 13.2 Å². The molecule has 2 atom stereocenters. The molecule has 2 fully saturated rings. The molecule has 1 aliphatic carbocycles. The number of pyridine rings is 1. The highest BCUT2D eigenvalue weighted by Crippen LogP contribution is 2.44. The number of aromatic nitrogens is 1. The Labute approximate surface area is 197 Å². The molecule has 2 unspecified atom stereocenters. The number of nitrogens with zero attached hydrogens (tertiary/aromatic N) is 2. The number of hydrogen-bond acceptors (Lipinski definition) is 6. The van der Waals surface area contributed by atoms with Crippen LogP contribution in [0.5, 0.6) is 5.88 Å². The minimum Gasteiger partial charge on any atom is -0.477 e. The molecule has 0 bridgehead atoms. The van der Waals surface area contributed by atoms with Crippen LogP contribution in [-0.2, 0) is 20.5 Å². The Bertz CT molecular complexity index is 1070. The van der Waals surface area contributed by atoms with Crippen LogP contribution in [0.15, 0.2) is 35.5 Å². The van der Waals surface area contributed by atoms with Crippen molar-refractivity contribution in [3.8, 4) is 5.88 Å². The average molecular weight is 503 g/mol. The number of alkyl halides is 3. The van der Waals surface area contributed by atoms with Crippen LogP contribution < -0.4 is 4.74 Å². The minimum atomic E-state index is -4.70. The van der Waals surface area contributed by atoms with Crippen molar-refractivity contribution >= 4 is 28.9 Å². The number of benzene rings is 1. The minimum absolute atomic E-state index is 0.00133. The fourth-order valence-electron chi connectivity index (χ4n) is 4.03. The van der Waals surface area contributed by atoms with Crippen LogP contribution in [0.3, 0.4) is 0 Å². The first-order chi connectivity index (χ1) is 15.7. The largest absolute Gasteiger partial charge is 0.477 e. The average Bonchev–Trinajstić information content (AvgIpc) is 3.50. The molecule has 2 aromatic rings. The Morgan fingerprint density at radius 2 is 1.79 bits per heavy atom. The van der Waals surface area contributed by atoms with Crippen molar-refractivity contribution in [2.24, 2.45) is 17.0 Å². The third-order valence-corrected chi connectivity index (χ3v) is 6.42. The first kappa shape index (κ1) is 22.7. The van der Waals surface area contributed by atoms with Gasteiger partial charge in [-0.1, -0.05) is 34.4 Å². The van der Waals surface area contributed by atoms with Crippen LogP contribution in [0.25, 0.3) is 0 Å². The summed E-state index contributed by atoms with van der Waals surface area (Å²) in [5, 5.41) is 5.03. The van der Waals surface area contributed by atoms with E-state index in [1.165, 1.54) is 12.1 Å². The van der Waals surface area contributed by atoms with Crippen LogP contribution >= 0.6 is 23.2 Å². The Hall–Kier alpha value is -2.07. The highest BCUT2D eigenvalue weighted by molar-refractivity contribution is 6.40. The predicted octanol–water partition coefficient (Wildman–Crippen LogP) is 6.01. The first-order valence-corrected chi connectivity index (χ1v) is 11.2. The third kappa shape index (κ3) is 4.51. The number of hydrogen-bond donors (Lipinski definition) is 0. The predicted molar refractivity (Wildman–Crippen MR) is 113 cm³/mol. The van der Waals surface area contributed by atoms with E-state index in [1.54, 1.807) is 25.1 Å². The van der Waals surface area contributed by atoms with Crippen molar-refractivity contribution in [3.63, 3.8) is 0 Å². The molecule has 1 saturated heterocycles.